The van der Waals surface area contributed by atoms with E-state index in [1.807, 2.05) is 25.1 Å². The Balaban J connectivity index is 1.74. The number of hydrogen-bond acceptors (Lipinski definition) is 3. The fraction of sp³-hybridized carbons (Fsp3) is 0.500. The van der Waals surface area contributed by atoms with Crippen molar-refractivity contribution in [2.75, 3.05) is 25.0 Å². The molecule has 4 nitrogen and oxygen atoms in total. The lowest BCUT2D eigenvalue weighted by molar-refractivity contribution is -0.0826. The molecule has 0 radical (unpaired) electrons. The smallest absolute Gasteiger partial charge is 0.254 e. The van der Waals surface area contributed by atoms with Crippen molar-refractivity contribution in [1.82, 2.24) is 4.90 Å². The van der Waals surface area contributed by atoms with Crippen LogP contribution in [-0.2, 0) is 6.42 Å². The number of hydrogen-bond donors (Lipinski definition) is 2. The maximum atomic E-state index is 12.2. The second-order valence-corrected chi connectivity index (χ2v) is 5.29. The van der Waals surface area contributed by atoms with Crippen LogP contribution in [0.4, 0.5) is 5.69 Å². The van der Waals surface area contributed by atoms with Crippen molar-refractivity contribution < 1.29 is 9.90 Å². The van der Waals surface area contributed by atoms with Crippen molar-refractivity contribution in [3.8, 4) is 0 Å². The lowest BCUT2D eigenvalue weighted by Gasteiger charge is -2.46. The van der Waals surface area contributed by atoms with E-state index < -0.39 is 5.60 Å². The van der Waals surface area contributed by atoms with Crippen LogP contribution in [0.3, 0.4) is 0 Å². The molecular weight excluding hydrogens is 228 g/mol. The third-order valence-corrected chi connectivity index (χ3v) is 3.98. The summed E-state index contributed by atoms with van der Waals surface area (Å²) in [5.74, 6) is 0.0304. The van der Waals surface area contributed by atoms with Crippen LogP contribution < -0.4 is 5.32 Å². The van der Waals surface area contributed by atoms with Gasteiger partial charge in [0.1, 0.15) is 0 Å². The van der Waals surface area contributed by atoms with Crippen LogP contribution in [-0.4, -0.2) is 41.1 Å². The number of carbonyl (C=O) groups is 1. The quantitative estimate of drug-likeness (QED) is 0.826. The van der Waals surface area contributed by atoms with Crippen molar-refractivity contribution in [3.63, 3.8) is 0 Å². The molecule has 1 amide bonds. The molecule has 3 rings (SSSR count). The average Bonchev–Trinajstić information content (AvgIpc) is 2.81. The summed E-state index contributed by atoms with van der Waals surface area (Å²) in [6, 6.07) is 5.81. The molecule has 0 aromatic heterocycles. The number of fused-ring (bicyclic) bond motifs is 1. The van der Waals surface area contributed by atoms with E-state index in [0.29, 0.717) is 19.5 Å². The fourth-order valence-electron chi connectivity index (χ4n) is 2.65. The molecule has 96 valence electrons. The van der Waals surface area contributed by atoms with E-state index >= 15 is 0 Å². The number of aliphatic hydroxyl groups is 1. The Bertz CT molecular complexity index is 493. The van der Waals surface area contributed by atoms with E-state index in [0.717, 1.165) is 24.2 Å². The Kier molecular flexibility index (Phi) is 2.55. The SMILES string of the molecule is CCC1(O)CN(C(=O)c2ccc3c(c2)CCN3)C1. The minimum absolute atomic E-state index is 0.0304. The molecule has 1 aromatic carbocycles. The average molecular weight is 246 g/mol. The molecule has 18 heavy (non-hydrogen) atoms. The number of rotatable bonds is 2. The molecule has 2 heterocycles. The van der Waals surface area contributed by atoms with Gasteiger partial charge < -0.3 is 15.3 Å². The number of nitrogens with one attached hydrogen (secondary N) is 1. The van der Waals surface area contributed by atoms with E-state index in [1.165, 1.54) is 5.56 Å². The lowest BCUT2D eigenvalue weighted by Crippen LogP contribution is -2.63. The van der Waals surface area contributed by atoms with Gasteiger partial charge in [-0.15, -0.1) is 0 Å². The summed E-state index contributed by atoms with van der Waals surface area (Å²) in [7, 11) is 0. The molecule has 4 heteroatoms. The highest BCUT2D eigenvalue weighted by Gasteiger charge is 2.42. The highest BCUT2D eigenvalue weighted by Crippen LogP contribution is 2.28. The van der Waals surface area contributed by atoms with Gasteiger partial charge in [-0.05, 0) is 36.6 Å². The maximum absolute atomic E-state index is 12.2. The number of nitrogens with zero attached hydrogens (tertiary/aromatic N) is 1. The summed E-state index contributed by atoms with van der Waals surface area (Å²) in [5, 5.41) is 13.2. The molecule has 0 saturated carbocycles. The van der Waals surface area contributed by atoms with Crippen molar-refractivity contribution in [2.24, 2.45) is 0 Å². The summed E-state index contributed by atoms with van der Waals surface area (Å²) in [5.41, 5.74) is 2.43. The number of anilines is 1. The van der Waals surface area contributed by atoms with Crippen LogP contribution in [0.5, 0.6) is 0 Å². The van der Waals surface area contributed by atoms with E-state index in [2.05, 4.69) is 5.32 Å². The fourth-order valence-corrected chi connectivity index (χ4v) is 2.65. The van der Waals surface area contributed by atoms with Crippen molar-refractivity contribution in [3.05, 3.63) is 29.3 Å². The van der Waals surface area contributed by atoms with Gasteiger partial charge in [-0.2, -0.15) is 0 Å². The van der Waals surface area contributed by atoms with Crippen LogP contribution in [0.15, 0.2) is 18.2 Å². The summed E-state index contributed by atoms with van der Waals surface area (Å²) in [6.45, 7) is 3.81. The summed E-state index contributed by atoms with van der Waals surface area (Å²) in [6.07, 6.45) is 1.68. The number of benzene rings is 1. The van der Waals surface area contributed by atoms with Gasteiger partial charge in [0.15, 0.2) is 0 Å². The Morgan fingerprint density at radius 1 is 1.50 bits per heavy atom. The normalized spacial score (nSPS) is 20.0. The van der Waals surface area contributed by atoms with Crippen molar-refractivity contribution in [2.45, 2.75) is 25.4 Å². The first-order chi connectivity index (χ1) is 8.61. The monoisotopic (exact) mass is 246 g/mol. The van der Waals surface area contributed by atoms with Gasteiger partial charge in [-0.25, -0.2) is 0 Å². The third kappa shape index (κ3) is 1.77. The van der Waals surface area contributed by atoms with Gasteiger partial charge in [0.25, 0.3) is 5.91 Å². The largest absolute Gasteiger partial charge is 0.386 e. The molecule has 0 aliphatic carbocycles. The van der Waals surface area contributed by atoms with E-state index in [-0.39, 0.29) is 5.91 Å². The molecular formula is C14H18N2O2. The molecule has 0 bridgehead atoms. The standard InChI is InChI=1S/C14H18N2O2/c1-2-14(18)8-16(9-14)13(17)11-3-4-12-10(7-11)5-6-15-12/h3-4,7,15,18H,2,5-6,8-9H2,1H3. The summed E-state index contributed by atoms with van der Waals surface area (Å²) >= 11 is 0. The zero-order valence-corrected chi connectivity index (χ0v) is 10.6. The first-order valence-electron chi connectivity index (χ1n) is 6.50. The van der Waals surface area contributed by atoms with Crippen LogP contribution in [0.1, 0.15) is 29.3 Å². The molecule has 0 spiro atoms. The highest BCUT2D eigenvalue weighted by molar-refractivity contribution is 5.95. The number of carbonyl (C=O) groups excluding carboxylic acids is 1. The van der Waals surface area contributed by atoms with Gasteiger partial charge >= 0.3 is 0 Å². The molecule has 1 saturated heterocycles. The van der Waals surface area contributed by atoms with Gasteiger partial charge in [0.05, 0.1) is 18.7 Å². The van der Waals surface area contributed by atoms with Crippen LogP contribution in [0.2, 0.25) is 0 Å². The van der Waals surface area contributed by atoms with Crippen LogP contribution >= 0.6 is 0 Å². The molecule has 2 N–H and O–H groups in total. The molecule has 1 aromatic rings. The second kappa shape index (κ2) is 3.99. The maximum Gasteiger partial charge on any atom is 0.254 e. The predicted molar refractivity (Wildman–Crippen MR) is 69.8 cm³/mol. The molecule has 2 aliphatic heterocycles. The first kappa shape index (κ1) is 11.5. The minimum atomic E-state index is -0.659. The third-order valence-electron chi connectivity index (χ3n) is 3.98. The number of likely N-dealkylation sites (tertiary alicyclic amines) is 1. The van der Waals surface area contributed by atoms with Crippen LogP contribution in [0, 0.1) is 0 Å². The number of amides is 1. The van der Waals surface area contributed by atoms with Crippen molar-refractivity contribution in [1.29, 1.82) is 0 Å². The van der Waals surface area contributed by atoms with E-state index in [9.17, 15) is 9.90 Å². The van der Waals surface area contributed by atoms with Gasteiger partial charge in [0.2, 0.25) is 0 Å². The topological polar surface area (TPSA) is 52.6 Å². The second-order valence-electron chi connectivity index (χ2n) is 5.29. The Morgan fingerprint density at radius 2 is 2.28 bits per heavy atom. The highest BCUT2D eigenvalue weighted by atomic mass is 16.3. The van der Waals surface area contributed by atoms with Gasteiger partial charge in [-0.3, -0.25) is 4.79 Å². The molecule has 0 unspecified atom stereocenters. The number of β-amino-alcohol motifs (C(OH)–C–C–N with tert-alkyl or cyclic N) is 1. The van der Waals surface area contributed by atoms with Crippen LogP contribution in [0.25, 0.3) is 0 Å². The summed E-state index contributed by atoms with van der Waals surface area (Å²) in [4.78, 5) is 13.9. The Morgan fingerprint density at radius 3 is 3.00 bits per heavy atom. The predicted octanol–water partition coefficient (Wildman–Crippen LogP) is 1.25. The van der Waals surface area contributed by atoms with E-state index in [4.69, 9.17) is 0 Å². The molecule has 1 fully saturated rings. The van der Waals surface area contributed by atoms with Gasteiger partial charge in [0, 0.05) is 17.8 Å². The Labute approximate surface area is 107 Å². The van der Waals surface area contributed by atoms with E-state index in [1.54, 1.807) is 4.90 Å². The minimum Gasteiger partial charge on any atom is -0.386 e. The zero-order valence-electron chi connectivity index (χ0n) is 10.6. The van der Waals surface area contributed by atoms with Crippen molar-refractivity contribution >= 4 is 11.6 Å². The zero-order chi connectivity index (χ0) is 12.8. The van der Waals surface area contributed by atoms with Gasteiger partial charge in [-0.1, -0.05) is 6.92 Å². The molecule has 0 atom stereocenters. The summed E-state index contributed by atoms with van der Waals surface area (Å²) < 4.78 is 0. The Hall–Kier alpha value is -1.55. The lowest BCUT2D eigenvalue weighted by atomic mass is 9.90. The molecule has 2 aliphatic rings. The first-order valence-corrected chi connectivity index (χ1v) is 6.50.